The molecule has 0 amide bonds. The minimum atomic E-state index is 0.455. The molecular weight excluding hydrogens is 328 g/mol. The molecule has 1 aromatic rings. The van der Waals surface area contributed by atoms with Crippen molar-refractivity contribution in [1.82, 2.24) is 9.80 Å². The highest BCUT2D eigenvalue weighted by atomic mass is 79.9. The van der Waals surface area contributed by atoms with E-state index in [-0.39, 0.29) is 0 Å². The first-order valence-electron chi connectivity index (χ1n) is 8.00. The second-order valence-corrected chi connectivity index (χ2v) is 7.57. The smallest absolute Gasteiger partial charge is 0.123 e. The van der Waals surface area contributed by atoms with Crippen molar-refractivity contribution >= 4 is 15.9 Å². The molecule has 21 heavy (non-hydrogen) atoms. The average molecular weight is 353 g/mol. The number of phenolic OH excluding ortho intramolecular Hbond substituents is 1. The zero-order valence-corrected chi connectivity index (χ0v) is 14.6. The molecule has 0 radical (unpaired) electrons. The van der Waals surface area contributed by atoms with Crippen LogP contribution in [-0.4, -0.2) is 46.6 Å². The molecule has 0 spiro atoms. The summed E-state index contributed by atoms with van der Waals surface area (Å²) in [6, 6.07) is 5.30. The van der Waals surface area contributed by atoms with Crippen molar-refractivity contribution in [3.05, 3.63) is 27.7 Å². The van der Waals surface area contributed by atoms with Gasteiger partial charge in [-0.25, -0.2) is 0 Å². The normalized spacial score (nSPS) is 27.6. The number of piperazine rings is 1. The maximum Gasteiger partial charge on any atom is 0.123 e. The number of benzene rings is 1. The van der Waals surface area contributed by atoms with E-state index >= 15 is 0 Å². The number of rotatable bonds is 2. The van der Waals surface area contributed by atoms with E-state index in [1.54, 1.807) is 0 Å². The highest BCUT2D eigenvalue weighted by molar-refractivity contribution is 9.10. The topological polar surface area (TPSA) is 26.7 Å². The van der Waals surface area contributed by atoms with E-state index in [0.29, 0.717) is 17.8 Å². The standard InChI is InChI=1S/C17H25BrN2O/c1-12-7-15(18)8-14(17(12)21)10-20-11-16-5-3-4-6-19(16)9-13(20)2/h7-8,13,16,21H,3-6,9-11H2,1-2H3. The SMILES string of the molecule is Cc1cc(Br)cc(CN2CC3CCCCN3CC2C)c1O. The molecule has 116 valence electrons. The molecule has 0 aromatic heterocycles. The van der Waals surface area contributed by atoms with Crippen LogP contribution in [0.2, 0.25) is 0 Å². The second-order valence-electron chi connectivity index (χ2n) is 6.65. The summed E-state index contributed by atoms with van der Waals surface area (Å²) in [6.07, 6.45) is 4.05. The lowest BCUT2D eigenvalue weighted by Gasteiger charge is -2.47. The van der Waals surface area contributed by atoms with E-state index in [1.165, 1.54) is 32.4 Å². The van der Waals surface area contributed by atoms with E-state index in [9.17, 15) is 5.11 Å². The molecule has 2 unspecified atom stereocenters. The zero-order chi connectivity index (χ0) is 15.0. The zero-order valence-electron chi connectivity index (χ0n) is 13.0. The van der Waals surface area contributed by atoms with Crippen LogP contribution >= 0.6 is 15.9 Å². The average Bonchev–Trinajstić information content (AvgIpc) is 2.45. The minimum Gasteiger partial charge on any atom is -0.507 e. The van der Waals surface area contributed by atoms with Gasteiger partial charge in [0.1, 0.15) is 5.75 Å². The van der Waals surface area contributed by atoms with Gasteiger partial charge in [0.25, 0.3) is 0 Å². The fraction of sp³-hybridized carbons (Fsp3) is 0.647. The maximum atomic E-state index is 10.3. The lowest BCUT2D eigenvalue weighted by Crippen LogP contribution is -2.58. The summed E-state index contributed by atoms with van der Waals surface area (Å²) >= 11 is 3.54. The number of piperidine rings is 1. The lowest BCUT2D eigenvalue weighted by atomic mass is 9.96. The molecule has 4 heteroatoms. The monoisotopic (exact) mass is 352 g/mol. The Morgan fingerprint density at radius 2 is 2.10 bits per heavy atom. The van der Waals surface area contributed by atoms with Crippen LogP contribution in [0.4, 0.5) is 0 Å². The largest absolute Gasteiger partial charge is 0.507 e. The van der Waals surface area contributed by atoms with Gasteiger partial charge in [0, 0.05) is 41.8 Å². The van der Waals surface area contributed by atoms with Crippen molar-refractivity contribution < 1.29 is 5.11 Å². The molecule has 2 saturated heterocycles. The van der Waals surface area contributed by atoms with Gasteiger partial charge >= 0.3 is 0 Å². The molecule has 2 heterocycles. The summed E-state index contributed by atoms with van der Waals surface area (Å²) in [4.78, 5) is 5.20. The summed E-state index contributed by atoms with van der Waals surface area (Å²) in [5, 5.41) is 10.3. The number of phenols is 1. The summed E-state index contributed by atoms with van der Waals surface area (Å²) in [7, 11) is 0. The third-order valence-electron chi connectivity index (χ3n) is 5.03. The van der Waals surface area contributed by atoms with Gasteiger partial charge in [0.05, 0.1) is 0 Å². The van der Waals surface area contributed by atoms with Crippen LogP contribution in [-0.2, 0) is 6.54 Å². The summed E-state index contributed by atoms with van der Waals surface area (Å²) in [5.41, 5.74) is 1.99. The molecule has 2 aliphatic rings. The summed E-state index contributed by atoms with van der Waals surface area (Å²) in [6.45, 7) is 8.69. The van der Waals surface area contributed by atoms with E-state index in [4.69, 9.17) is 0 Å². The fourth-order valence-electron chi connectivity index (χ4n) is 3.78. The van der Waals surface area contributed by atoms with Crippen molar-refractivity contribution in [2.24, 2.45) is 0 Å². The molecule has 0 bridgehead atoms. The van der Waals surface area contributed by atoms with Gasteiger partial charge in [-0.2, -0.15) is 0 Å². The Bertz CT molecular complexity index is 520. The second kappa shape index (κ2) is 6.27. The first-order chi connectivity index (χ1) is 10.0. The third kappa shape index (κ3) is 3.27. The minimum absolute atomic E-state index is 0.455. The molecule has 0 saturated carbocycles. The highest BCUT2D eigenvalue weighted by Crippen LogP contribution is 2.30. The van der Waals surface area contributed by atoms with Crippen LogP contribution in [0.3, 0.4) is 0 Å². The number of aromatic hydroxyl groups is 1. The molecule has 2 atom stereocenters. The predicted molar refractivity (Wildman–Crippen MR) is 89.6 cm³/mol. The number of halogens is 1. The molecular formula is C17H25BrN2O. The molecule has 2 fully saturated rings. The maximum absolute atomic E-state index is 10.3. The van der Waals surface area contributed by atoms with Gasteiger partial charge < -0.3 is 5.11 Å². The third-order valence-corrected chi connectivity index (χ3v) is 5.49. The van der Waals surface area contributed by atoms with Crippen molar-refractivity contribution in [2.45, 2.75) is 51.7 Å². The van der Waals surface area contributed by atoms with E-state index in [1.807, 2.05) is 13.0 Å². The number of hydrogen-bond donors (Lipinski definition) is 1. The highest BCUT2D eigenvalue weighted by Gasteiger charge is 2.33. The fourth-order valence-corrected chi connectivity index (χ4v) is 4.40. The van der Waals surface area contributed by atoms with Crippen molar-refractivity contribution in [1.29, 1.82) is 0 Å². The van der Waals surface area contributed by atoms with Crippen LogP contribution in [0.5, 0.6) is 5.75 Å². The van der Waals surface area contributed by atoms with Gasteiger partial charge in [0.2, 0.25) is 0 Å². The Kier molecular flexibility index (Phi) is 4.57. The summed E-state index contributed by atoms with van der Waals surface area (Å²) < 4.78 is 1.05. The molecule has 3 rings (SSSR count). The van der Waals surface area contributed by atoms with Crippen molar-refractivity contribution in [3.8, 4) is 5.75 Å². The molecule has 3 nitrogen and oxygen atoms in total. The number of fused-ring (bicyclic) bond motifs is 1. The van der Waals surface area contributed by atoms with E-state index in [2.05, 4.69) is 38.7 Å². The van der Waals surface area contributed by atoms with Crippen LogP contribution in [0.15, 0.2) is 16.6 Å². The van der Waals surface area contributed by atoms with Gasteiger partial charge in [-0.1, -0.05) is 22.4 Å². The summed E-state index contributed by atoms with van der Waals surface area (Å²) in [5.74, 6) is 0.455. The number of hydrogen-bond acceptors (Lipinski definition) is 3. The van der Waals surface area contributed by atoms with E-state index in [0.717, 1.165) is 28.7 Å². The van der Waals surface area contributed by atoms with Crippen molar-refractivity contribution in [3.63, 3.8) is 0 Å². The first kappa shape index (κ1) is 15.3. The molecule has 1 aromatic carbocycles. The lowest BCUT2D eigenvalue weighted by molar-refractivity contribution is 0.0108. The Morgan fingerprint density at radius 3 is 2.90 bits per heavy atom. The van der Waals surface area contributed by atoms with Gasteiger partial charge in [-0.3, -0.25) is 9.80 Å². The molecule has 2 aliphatic heterocycles. The Morgan fingerprint density at radius 1 is 1.29 bits per heavy atom. The Labute approximate surface area is 136 Å². The van der Waals surface area contributed by atoms with Gasteiger partial charge in [0.15, 0.2) is 0 Å². The molecule has 0 aliphatic carbocycles. The van der Waals surface area contributed by atoms with Crippen LogP contribution in [0.25, 0.3) is 0 Å². The van der Waals surface area contributed by atoms with Gasteiger partial charge in [-0.15, -0.1) is 0 Å². The van der Waals surface area contributed by atoms with Gasteiger partial charge in [-0.05, 0) is 50.9 Å². The van der Waals surface area contributed by atoms with Crippen LogP contribution in [0.1, 0.15) is 37.3 Å². The Hall–Kier alpha value is -0.580. The predicted octanol–water partition coefficient (Wildman–Crippen LogP) is 3.52. The Balaban J connectivity index is 1.75. The number of aryl methyl sites for hydroxylation is 1. The van der Waals surface area contributed by atoms with Crippen molar-refractivity contribution in [2.75, 3.05) is 19.6 Å². The number of nitrogens with zero attached hydrogens (tertiary/aromatic N) is 2. The first-order valence-corrected chi connectivity index (χ1v) is 8.80. The molecule has 1 N–H and O–H groups in total. The van der Waals surface area contributed by atoms with Crippen LogP contribution in [0, 0.1) is 6.92 Å². The van der Waals surface area contributed by atoms with Crippen LogP contribution < -0.4 is 0 Å². The quantitative estimate of drug-likeness (QED) is 0.881. The van der Waals surface area contributed by atoms with E-state index < -0.39 is 0 Å².